The van der Waals surface area contributed by atoms with Gasteiger partial charge in [-0.2, -0.15) is 0 Å². The van der Waals surface area contributed by atoms with Gasteiger partial charge in [0.2, 0.25) is 0 Å². The third-order valence-electron chi connectivity index (χ3n) is 4.15. The largest absolute Gasteiger partial charge is 0.381 e. The van der Waals surface area contributed by atoms with Crippen LogP contribution in [0.15, 0.2) is 0 Å². The zero-order valence-electron chi connectivity index (χ0n) is 11.9. The summed E-state index contributed by atoms with van der Waals surface area (Å²) in [5, 5.41) is 9.82. The van der Waals surface area contributed by atoms with Gasteiger partial charge in [0.25, 0.3) is 0 Å². The Bertz CT molecular complexity index is 283. The molecule has 2 aliphatic carbocycles. The molecule has 2 rings (SSSR count). The molecule has 5 heteroatoms. The van der Waals surface area contributed by atoms with Crippen LogP contribution in [0.25, 0.3) is 0 Å². The molecule has 1 unspecified atom stereocenters. The quantitative estimate of drug-likeness (QED) is 0.770. The summed E-state index contributed by atoms with van der Waals surface area (Å²) in [5.74, 6) is -1.03. The van der Waals surface area contributed by atoms with Crippen LogP contribution >= 0.6 is 7.60 Å². The Hall–Kier alpha value is 0.110. The number of aliphatic hydroxyl groups is 1. The fourth-order valence-electron chi connectivity index (χ4n) is 2.96. The first kappa shape index (κ1) is 15.5. The summed E-state index contributed by atoms with van der Waals surface area (Å²) >= 11 is 0. The van der Waals surface area contributed by atoms with Gasteiger partial charge in [-0.05, 0) is 32.6 Å². The molecule has 0 aliphatic heterocycles. The molecule has 2 saturated carbocycles. The first-order valence-corrected chi connectivity index (χ1v) is 9.36. The summed E-state index contributed by atoms with van der Waals surface area (Å²) in [4.78, 5) is 0. The number of hydrogen-bond donors (Lipinski definition) is 1. The van der Waals surface area contributed by atoms with Gasteiger partial charge >= 0.3 is 7.60 Å². The molecule has 0 spiro atoms. The molecule has 0 saturated heterocycles. The van der Waals surface area contributed by atoms with Gasteiger partial charge in [0, 0.05) is 0 Å². The summed E-state index contributed by atoms with van der Waals surface area (Å²) in [6.45, 7) is 1.52. The SMILES string of the molecule is CC(O)P(=O)(OC1CCCCC1)OC1CCCCC1. The van der Waals surface area contributed by atoms with Crippen LogP contribution in [0.5, 0.6) is 0 Å². The molecule has 0 amide bonds. The van der Waals surface area contributed by atoms with E-state index in [1.165, 1.54) is 19.8 Å². The summed E-state index contributed by atoms with van der Waals surface area (Å²) in [6.07, 6.45) is 10.7. The van der Waals surface area contributed by atoms with Gasteiger partial charge in [-0.15, -0.1) is 0 Å². The van der Waals surface area contributed by atoms with Gasteiger partial charge in [-0.1, -0.05) is 38.5 Å². The van der Waals surface area contributed by atoms with E-state index < -0.39 is 13.4 Å². The Labute approximate surface area is 116 Å². The fraction of sp³-hybridized carbons (Fsp3) is 1.00. The minimum atomic E-state index is -3.37. The molecule has 0 aromatic rings. The number of aliphatic hydroxyl groups excluding tert-OH is 1. The second kappa shape index (κ2) is 7.21. The van der Waals surface area contributed by atoms with Crippen molar-refractivity contribution in [3.63, 3.8) is 0 Å². The molecule has 19 heavy (non-hydrogen) atoms. The topological polar surface area (TPSA) is 55.8 Å². The van der Waals surface area contributed by atoms with Crippen LogP contribution in [-0.2, 0) is 13.6 Å². The molecule has 2 fully saturated rings. The maximum Gasteiger partial charge on any atom is 0.359 e. The van der Waals surface area contributed by atoms with Crippen molar-refractivity contribution in [3.8, 4) is 0 Å². The highest BCUT2D eigenvalue weighted by Crippen LogP contribution is 2.56. The van der Waals surface area contributed by atoms with Crippen molar-refractivity contribution >= 4 is 7.60 Å². The zero-order chi connectivity index (χ0) is 13.7. The minimum Gasteiger partial charge on any atom is -0.381 e. The second-order valence-corrected chi connectivity index (χ2v) is 8.15. The van der Waals surface area contributed by atoms with E-state index in [0.717, 1.165) is 51.4 Å². The highest BCUT2D eigenvalue weighted by atomic mass is 31.2. The highest BCUT2D eigenvalue weighted by molar-refractivity contribution is 7.54. The third-order valence-corrected chi connectivity index (χ3v) is 6.25. The van der Waals surface area contributed by atoms with Gasteiger partial charge in [-0.3, -0.25) is 4.57 Å². The van der Waals surface area contributed by atoms with E-state index in [9.17, 15) is 9.67 Å². The molecule has 112 valence electrons. The molecule has 1 atom stereocenters. The van der Waals surface area contributed by atoms with Gasteiger partial charge in [0.1, 0.15) is 0 Å². The van der Waals surface area contributed by atoms with E-state index in [1.54, 1.807) is 0 Å². The lowest BCUT2D eigenvalue weighted by Crippen LogP contribution is -2.23. The van der Waals surface area contributed by atoms with Gasteiger partial charge in [0.05, 0.1) is 12.2 Å². The van der Waals surface area contributed by atoms with Crippen LogP contribution in [0.2, 0.25) is 0 Å². The van der Waals surface area contributed by atoms with Crippen LogP contribution in [0, 0.1) is 0 Å². The smallest absolute Gasteiger partial charge is 0.359 e. The molecule has 4 nitrogen and oxygen atoms in total. The van der Waals surface area contributed by atoms with Crippen molar-refractivity contribution in [2.45, 2.75) is 89.2 Å². The van der Waals surface area contributed by atoms with Crippen molar-refractivity contribution in [1.29, 1.82) is 0 Å². The second-order valence-electron chi connectivity index (χ2n) is 5.90. The lowest BCUT2D eigenvalue weighted by molar-refractivity contribution is 0.0574. The molecular weight excluding hydrogens is 263 g/mol. The van der Waals surface area contributed by atoms with Gasteiger partial charge in [0.15, 0.2) is 5.85 Å². The van der Waals surface area contributed by atoms with Gasteiger partial charge < -0.3 is 14.2 Å². The molecule has 0 radical (unpaired) electrons. The highest BCUT2D eigenvalue weighted by Gasteiger charge is 2.37. The van der Waals surface area contributed by atoms with E-state index in [1.807, 2.05) is 0 Å². The van der Waals surface area contributed by atoms with E-state index in [-0.39, 0.29) is 12.2 Å². The Morgan fingerprint density at radius 1 is 0.895 bits per heavy atom. The Morgan fingerprint density at radius 2 is 1.26 bits per heavy atom. The van der Waals surface area contributed by atoms with E-state index in [0.29, 0.717) is 0 Å². The number of hydrogen-bond acceptors (Lipinski definition) is 4. The van der Waals surface area contributed by atoms with Crippen molar-refractivity contribution in [2.75, 3.05) is 0 Å². The Balaban J connectivity index is 1.93. The van der Waals surface area contributed by atoms with Crippen LogP contribution in [0.1, 0.15) is 71.1 Å². The van der Waals surface area contributed by atoms with Crippen LogP contribution in [0.3, 0.4) is 0 Å². The van der Waals surface area contributed by atoms with Crippen LogP contribution in [0.4, 0.5) is 0 Å². The molecule has 0 aromatic heterocycles. The summed E-state index contributed by atoms with van der Waals surface area (Å²) in [5.41, 5.74) is 0. The third kappa shape index (κ3) is 4.56. The van der Waals surface area contributed by atoms with Crippen LogP contribution in [-0.4, -0.2) is 23.2 Å². The Morgan fingerprint density at radius 3 is 1.58 bits per heavy atom. The normalized spacial score (nSPS) is 25.4. The standard InChI is InChI=1S/C14H27O4P/c1-12(15)19(16,17-13-8-4-2-5-9-13)18-14-10-6-3-7-11-14/h12-15H,2-11H2,1H3. The summed E-state index contributed by atoms with van der Waals surface area (Å²) in [7, 11) is -3.37. The minimum absolute atomic E-state index is 0.00206. The van der Waals surface area contributed by atoms with E-state index in [4.69, 9.17) is 9.05 Å². The molecule has 1 N–H and O–H groups in total. The molecule has 0 heterocycles. The molecule has 0 aromatic carbocycles. The fourth-order valence-corrected chi connectivity index (χ4v) is 4.61. The summed E-state index contributed by atoms with van der Waals surface area (Å²) < 4.78 is 24.2. The van der Waals surface area contributed by atoms with Crippen molar-refractivity contribution in [3.05, 3.63) is 0 Å². The average Bonchev–Trinajstić information content (AvgIpc) is 2.40. The monoisotopic (exact) mass is 290 g/mol. The molecule has 2 aliphatic rings. The average molecular weight is 290 g/mol. The Kier molecular flexibility index (Phi) is 5.88. The first-order chi connectivity index (χ1) is 9.10. The van der Waals surface area contributed by atoms with Crippen molar-refractivity contribution in [1.82, 2.24) is 0 Å². The lowest BCUT2D eigenvalue weighted by atomic mass is 9.98. The number of rotatable bonds is 5. The molecular formula is C14H27O4P. The first-order valence-electron chi connectivity index (χ1n) is 7.75. The lowest BCUT2D eigenvalue weighted by Gasteiger charge is -2.32. The maximum atomic E-state index is 12.8. The van der Waals surface area contributed by atoms with Gasteiger partial charge in [-0.25, -0.2) is 0 Å². The van der Waals surface area contributed by atoms with Crippen molar-refractivity contribution in [2.24, 2.45) is 0 Å². The molecule has 0 bridgehead atoms. The van der Waals surface area contributed by atoms with Crippen LogP contribution < -0.4 is 0 Å². The zero-order valence-corrected chi connectivity index (χ0v) is 12.8. The predicted molar refractivity (Wildman–Crippen MR) is 75.2 cm³/mol. The maximum absolute atomic E-state index is 12.8. The van der Waals surface area contributed by atoms with Crippen molar-refractivity contribution < 1.29 is 18.7 Å². The summed E-state index contributed by atoms with van der Waals surface area (Å²) in [6, 6.07) is 0. The van der Waals surface area contributed by atoms with E-state index >= 15 is 0 Å². The predicted octanol–water partition coefficient (Wildman–Crippen LogP) is 4.22. The van der Waals surface area contributed by atoms with E-state index in [2.05, 4.69) is 0 Å².